The van der Waals surface area contributed by atoms with Gasteiger partial charge in [-0.2, -0.15) is 0 Å². The van der Waals surface area contributed by atoms with Crippen LogP contribution in [0, 0.1) is 0 Å². The summed E-state index contributed by atoms with van der Waals surface area (Å²) in [6, 6.07) is 7.52. The highest BCUT2D eigenvalue weighted by Gasteiger charge is 1.94. The number of ether oxygens (including phenoxy) is 1. The smallest absolute Gasteiger partial charge is 0.119 e. The van der Waals surface area contributed by atoms with Crippen LogP contribution in [0.2, 0.25) is 0 Å². The molecular formula is C9H11ClO2S. The number of rotatable bonds is 5. The van der Waals surface area contributed by atoms with E-state index in [1.165, 1.54) is 11.0 Å². The van der Waals surface area contributed by atoms with Gasteiger partial charge in [0.25, 0.3) is 0 Å². The standard InChI is InChI=1S/C9H11ClO2S/c10-13-9-4-2-8(3-5-9)12-7-1-6-11/h2-5,11H,1,6-7H2. The Balaban J connectivity index is 2.40. The van der Waals surface area contributed by atoms with Crippen molar-refractivity contribution < 1.29 is 9.84 Å². The molecular weight excluding hydrogens is 208 g/mol. The number of aliphatic hydroxyl groups excluding tert-OH is 1. The zero-order chi connectivity index (χ0) is 9.52. The maximum absolute atomic E-state index is 8.53. The Morgan fingerprint density at radius 1 is 1.31 bits per heavy atom. The molecule has 0 bridgehead atoms. The molecule has 0 aromatic heterocycles. The minimum Gasteiger partial charge on any atom is -0.494 e. The molecule has 13 heavy (non-hydrogen) atoms. The van der Waals surface area contributed by atoms with E-state index in [0.29, 0.717) is 13.0 Å². The average Bonchev–Trinajstić information content (AvgIpc) is 2.19. The minimum atomic E-state index is 0.162. The zero-order valence-corrected chi connectivity index (χ0v) is 8.64. The van der Waals surface area contributed by atoms with Gasteiger partial charge in [0.1, 0.15) is 5.75 Å². The van der Waals surface area contributed by atoms with E-state index in [-0.39, 0.29) is 6.61 Å². The molecule has 2 nitrogen and oxygen atoms in total. The molecule has 1 N–H and O–H groups in total. The molecule has 0 amide bonds. The maximum Gasteiger partial charge on any atom is 0.119 e. The molecule has 0 atom stereocenters. The van der Waals surface area contributed by atoms with Crippen LogP contribution in [-0.2, 0) is 0 Å². The van der Waals surface area contributed by atoms with Crippen molar-refractivity contribution in [1.29, 1.82) is 0 Å². The number of halogens is 1. The first-order valence-corrected chi connectivity index (χ1v) is 5.63. The molecule has 1 rings (SSSR count). The lowest BCUT2D eigenvalue weighted by atomic mass is 10.3. The van der Waals surface area contributed by atoms with Crippen LogP contribution >= 0.6 is 21.7 Å². The van der Waals surface area contributed by atoms with Gasteiger partial charge in [-0.15, -0.1) is 0 Å². The SMILES string of the molecule is OCCCOc1ccc(SCl)cc1. The van der Waals surface area contributed by atoms with Crippen LogP contribution in [0.4, 0.5) is 0 Å². The molecule has 0 saturated carbocycles. The van der Waals surface area contributed by atoms with Gasteiger partial charge in [0.05, 0.1) is 6.61 Å². The summed E-state index contributed by atoms with van der Waals surface area (Å²) in [6.45, 7) is 0.708. The van der Waals surface area contributed by atoms with E-state index in [4.69, 9.17) is 20.5 Å². The molecule has 1 aromatic rings. The van der Waals surface area contributed by atoms with E-state index in [9.17, 15) is 0 Å². The van der Waals surface area contributed by atoms with Crippen molar-refractivity contribution in [3.63, 3.8) is 0 Å². The molecule has 72 valence electrons. The van der Waals surface area contributed by atoms with E-state index in [1.807, 2.05) is 24.3 Å². The summed E-state index contributed by atoms with van der Waals surface area (Å²) in [5, 5.41) is 8.53. The second-order valence-electron chi connectivity index (χ2n) is 2.47. The first kappa shape index (κ1) is 10.7. The van der Waals surface area contributed by atoms with Crippen LogP contribution in [-0.4, -0.2) is 18.3 Å². The summed E-state index contributed by atoms with van der Waals surface area (Å²) >= 11 is 0. The van der Waals surface area contributed by atoms with Gasteiger partial charge in [0.2, 0.25) is 0 Å². The van der Waals surface area contributed by atoms with Crippen molar-refractivity contribution in [2.24, 2.45) is 0 Å². The van der Waals surface area contributed by atoms with E-state index < -0.39 is 0 Å². The summed E-state index contributed by atoms with van der Waals surface area (Å²) in [5.74, 6) is 0.808. The fraction of sp³-hybridized carbons (Fsp3) is 0.333. The third-order valence-corrected chi connectivity index (χ3v) is 2.47. The van der Waals surface area contributed by atoms with Gasteiger partial charge in [-0.05, 0) is 45.9 Å². The monoisotopic (exact) mass is 218 g/mol. The molecule has 0 radical (unpaired) electrons. The predicted molar refractivity (Wildman–Crippen MR) is 55.3 cm³/mol. The molecule has 0 saturated heterocycles. The van der Waals surface area contributed by atoms with Gasteiger partial charge >= 0.3 is 0 Å². The van der Waals surface area contributed by atoms with Crippen LogP contribution in [0.25, 0.3) is 0 Å². The van der Waals surface area contributed by atoms with E-state index in [0.717, 1.165) is 10.6 Å². The summed E-state index contributed by atoms with van der Waals surface area (Å²) in [7, 11) is 6.73. The Morgan fingerprint density at radius 3 is 2.54 bits per heavy atom. The maximum atomic E-state index is 8.53. The fourth-order valence-corrected chi connectivity index (χ4v) is 1.39. The Morgan fingerprint density at radius 2 is 2.00 bits per heavy atom. The quantitative estimate of drug-likeness (QED) is 0.771. The molecule has 0 fully saturated rings. The second kappa shape index (κ2) is 6.13. The van der Waals surface area contributed by atoms with Gasteiger partial charge in [0.15, 0.2) is 0 Å². The second-order valence-corrected chi connectivity index (χ2v) is 3.56. The molecule has 4 heteroatoms. The van der Waals surface area contributed by atoms with Crippen LogP contribution in [0.15, 0.2) is 29.2 Å². The number of hydrogen-bond acceptors (Lipinski definition) is 3. The largest absolute Gasteiger partial charge is 0.494 e. The van der Waals surface area contributed by atoms with Gasteiger partial charge in [0, 0.05) is 17.9 Å². The minimum absolute atomic E-state index is 0.162. The van der Waals surface area contributed by atoms with E-state index in [1.54, 1.807) is 0 Å². The summed E-state index contributed by atoms with van der Waals surface area (Å²) < 4.78 is 5.33. The highest BCUT2D eigenvalue weighted by atomic mass is 35.7. The van der Waals surface area contributed by atoms with Crippen molar-refractivity contribution in [2.75, 3.05) is 13.2 Å². The average molecular weight is 219 g/mol. The number of aliphatic hydroxyl groups is 1. The molecule has 0 aliphatic rings. The molecule has 1 aromatic carbocycles. The third kappa shape index (κ3) is 3.89. The van der Waals surface area contributed by atoms with Crippen molar-refractivity contribution in [1.82, 2.24) is 0 Å². The lowest BCUT2D eigenvalue weighted by Crippen LogP contribution is -1.99. The van der Waals surface area contributed by atoms with E-state index >= 15 is 0 Å². The van der Waals surface area contributed by atoms with Crippen molar-refractivity contribution in [3.8, 4) is 5.75 Å². The van der Waals surface area contributed by atoms with Crippen molar-refractivity contribution in [3.05, 3.63) is 24.3 Å². The molecule has 0 spiro atoms. The summed E-state index contributed by atoms with van der Waals surface area (Å²) in [5.41, 5.74) is 0. The first-order chi connectivity index (χ1) is 6.36. The normalized spacial score (nSPS) is 10.0. The van der Waals surface area contributed by atoms with Crippen molar-refractivity contribution in [2.45, 2.75) is 11.3 Å². The molecule has 0 unspecified atom stereocenters. The highest BCUT2D eigenvalue weighted by molar-refractivity contribution is 8.21. The van der Waals surface area contributed by atoms with Crippen LogP contribution in [0.3, 0.4) is 0 Å². The number of hydrogen-bond donors (Lipinski definition) is 1. The fourth-order valence-electron chi connectivity index (χ4n) is 0.842. The Hall–Kier alpha value is -0.380. The highest BCUT2D eigenvalue weighted by Crippen LogP contribution is 2.23. The summed E-state index contributed by atoms with van der Waals surface area (Å²) in [6.07, 6.45) is 0.659. The van der Waals surface area contributed by atoms with Crippen LogP contribution in [0.5, 0.6) is 5.75 Å². The van der Waals surface area contributed by atoms with Gasteiger partial charge < -0.3 is 9.84 Å². The Labute approximate surface area is 86.4 Å². The number of benzene rings is 1. The van der Waals surface area contributed by atoms with Gasteiger partial charge in [-0.25, -0.2) is 0 Å². The molecule has 0 aliphatic carbocycles. The first-order valence-electron chi connectivity index (χ1n) is 3.99. The van der Waals surface area contributed by atoms with Crippen molar-refractivity contribution >= 4 is 21.7 Å². The molecule has 0 heterocycles. The lowest BCUT2D eigenvalue weighted by molar-refractivity contribution is 0.233. The van der Waals surface area contributed by atoms with Crippen LogP contribution < -0.4 is 4.74 Å². The van der Waals surface area contributed by atoms with E-state index in [2.05, 4.69) is 0 Å². The Bertz CT molecular complexity index is 238. The lowest BCUT2D eigenvalue weighted by Gasteiger charge is -2.04. The zero-order valence-electron chi connectivity index (χ0n) is 7.07. The Kier molecular flexibility index (Phi) is 5.05. The third-order valence-electron chi connectivity index (χ3n) is 1.48. The van der Waals surface area contributed by atoms with Gasteiger partial charge in [-0.1, -0.05) is 0 Å². The van der Waals surface area contributed by atoms with Gasteiger partial charge in [-0.3, -0.25) is 0 Å². The predicted octanol–water partition coefficient (Wildman–Crippen LogP) is 2.69. The van der Waals surface area contributed by atoms with Crippen LogP contribution in [0.1, 0.15) is 6.42 Å². The summed E-state index contributed by atoms with van der Waals surface area (Å²) in [4.78, 5) is 0.996. The molecule has 0 aliphatic heterocycles. The topological polar surface area (TPSA) is 29.5 Å².